The lowest BCUT2D eigenvalue weighted by Gasteiger charge is -2.19. The number of nitrogens with one attached hydrogen (secondary N) is 1. The molecule has 182 valence electrons. The van der Waals surface area contributed by atoms with Crippen molar-refractivity contribution in [2.45, 2.75) is 32.9 Å². The molecule has 0 amide bonds. The van der Waals surface area contributed by atoms with Gasteiger partial charge in [-0.3, -0.25) is 19.1 Å². The lowest BCUT2D eigenvalue weighted by molar-refractivity contribution is -0.155. The van der Waals surface area contributed by atoms with Crippen LogP contribution in [-0.2, 0) is 23.1 Å². The number of ether oxygens (including phenoxy) is 1. The molecule has 0 saturated carbocycles. The van der Waals surface area contributed by atoms with Crippen LogP contribution in [0, 0.1) is 0 Å². The topological polar surface area (TPSA) is 81.4 Å². The number of carbonyl (C=O) groups excluding carboxylic acids is 1. The molecule has 0 aliphatic carbocycles. The molecule has 0 unspecified atom stereocenters. The van der Waals surface area contributed by atoms with Gasteiger partial charge in [0.2, 0.25) is 0 Å². The van der Waals surface area contributed by atoms with Gasteiger partial charge in [-0.25, -0.2) is 0 Å². The lowest BCUT2D eigenvalue weighted by atomic mass is 10.1. The fraction of sp³-hybridized carbons (Fsp3) is 0.207. The summed E-state index contributed by atoms with van der Waals surface area (Å²) in [5, 5.41) is 1.43. The number of aromatic nitrogens is 3. The van der Waals surface area contributed by atoms with Crippen molar-refractivity contribution in [1.82, 2.24) is 14.1 Å². The van der Waals surface area contributed by atoms with Crippen LogP contribution in [0.2, 0.25) is 0 Å². The first-order valence-electron chi connectivity index (χ1n) is 11.8. The summed E-state index contributed by atoms with van der Waals surface area (Å²) in [5.41, 5.74) is 4.39. The standard InChI is InChI=1S/C29H28N4O3/c1-29(2,3)36-27(34)18-33-26(14-13-19-16-30-23-11-7-5-9-21(19)23)31-24(28(33)35)15-20-17-32(4)25-12-8-6-10-22(20)25/h5-17,31H,18H2,1-4H3/b19-13+,24-15-,26-14+. The van der Waals surface area contributed by atoms with Gasteiger partial charge >= 0.3 is 5.97 Å². The van der Waals surface area contributed by atoms with E-state index < -0.39 is 11.6 Å². The minimum Gasteiger partial charge on any atom is -0.459 e. The third-order valence-electron chi connectivity index (χ3n) is 5.94. The Balaban J connectivity index is 1.64. The second kappa shape index (κ2) is 9.00. The van der Waals surface area contributed by atoms with E-state index in [4.69, 9.17) is 4.74 Å². The summed E-state index contributed by atoms with van der Waals surface area (Å²) in [7, 11) is 1.97. The number of hydrogen-bond acceptors (Lipinski definition) is 4. The fourth-order valence-corrected chi connectivity index (χ4v) is 4.39. The van der Waals surface area contributed by atoms with E-state index in [2.05, 4.69) is 9.98 Å². The van der Waals surface area contributed by atoms with Gasteiger partial charge in [0, 0.05) is 47.1 Å². The molecule has 7 nitrogen and oxygen atoms in total. The Bertz CT molecular complexity index is 1720. The van der Waals surface area contributed by atoms with E-state index in [1.54, 1.807) is 33.1 Å². The minimum atomic E-state index is -0.648. The van der Waals surface area contributed by atoms with Gasteiger partial charge in [-0.05, 0) is 51.1 Å². The highest BCUT2D eigenvalue weighted by atomic mass is 16.6. The molecule has 0 bridgehead atoms. The van der Waals surface area contributed by atoms with Crippen molar-refractivity contribution in [3.05, 3.63) is 93.1 Å². The van der Waals surface area contributed by atoms with Gasteiger partial charge in [0.1, 0.15) is 23.0 Å². The number of aliphatic imine (C=N–C) groups is 1. The van der Waals surface area contributed by atoms with E-state index in [-0.39, 0.29) is 12.1 Å². The SMILES string of the molecule is Cn1cc(/C=c2\[nH]/c(=C\C=C3/C=Nc4ccccc43)n(CC(=O)OC(C)(C)C)c2=O)c2ccccc21. The Labute approximate surface area is 208 Å². The van der Waals surface area contributed by atoms with Crippen molar-refractivity contribution in [2.24, 2.45) is 12.0 Å². The molecule has 2 aromatic carbocycles. The number of nitrogens with zero attached hydrogens (tertiary/aromatic N) is 3. The van der Waals surface area contributed by atoms with Crippen LogP contribution in [0.4, 0.5) is 5.69 Å². The third-order valence-corrected chi connectivity index (χ3v) is 5.94. The van der Waals surface area contributed by atoms with Gasteiger partial charge < -0.3 is 14.3 Å². The zero-order valence-electron chi connectivity index (χ0n) is 20.8. The van der Waals surface area contributed by atoms with Crippen molar-refractivity contribution >= 4 is 46.5 Å². The highest BCUT2D eigenvalue weighted by molar-refractivity contribution is 6.17. The van der Waals surface area contributed by atoms with Crippen LogP contribution in [-0.4, -0.2) is 31.9 Å². The van der Waals surface area contributed by atoms with Crippen molar-refractivity contribution < 1.29 is 9.53 Å². The van der Waals surface area contributed by atoms with Crippen LogP contribution in [0.3, 0.4) is 0 Å². The summed E-state index contributed by atoms with van der Waals surface area (Å²) in [6, 6.07) is 15.9. The van der Waals surface area contributed by atoms with Gasteiger partial charge in [-0.15, -0.1) is 0 Å². The average Bonchev–Trinajstić information content (AvgIpc) is 3.47. The number of carbonyl (C=O) groups is 1. The van der Waals surface area contributed by atoms with E-state index in [1.165, 1.54) is 4.57 Å². The van der Waals surface area contributed by atoms with Gasteiger partial charge in [0.15, 0.2) is 0 Å². The monoisotopic (exact) mass is 480 g/mol. The van der Waals surface area contributed by atoms with Gasteiger partial charge in [0.25, 0.3) is 5.56 Å². The maximum atomic E-state index is 13.5. The largest absolute Gasteiger partial charge is 0.459 e. The second-order valence-electron chi connectivity index (χ2n) is 9.82. The van der Waals surface area contributed by atoms with Crippen LogP contribution in [0.25, 0.3) is 28.6 Å². The number of allylic oxidation sites excluding steroid dienone is 2. The molecule has 36 heavy (non-hydrogen) atoms. The molecule has 0 atom stereocenters. The van der Waals surface area contributed by atoms with Crippen LogP contribution >= 0.6 is 0 Å². The molecule has 1 N–H and O–H groups in total. The fourth-order valence-electron chi connectivity index (χ4n) is 4.39. The molecular formula is C29H28N4O3. The number of imidazole rings is 1. The molecule has 1 aliphatic rings. The first-order valence-corrected chi connectivity index (χ1v) is 11.8. The van der Waals surface area contributed by atoms with E-state index in [1.807, 2.05) is 78.5 Å². The van der Waals surface area contributed by atoms with Crippen LogP contribution in [0.15, 0.2) is 70.6 Å². The zero-order chi connectivity index (χ0) is 25.4. The number of benzene rings is 2. The predicted octanol–water partition coefficient (Wildman–Crippen LogP) is 3.42. The Kier molecular flexibility index (Phi) is 5.84. The van der Waals surface area contributed by atoms with E-state index in [0.717, 1.165) is 33.3 Å². The Morgan fingerprint density at radius 2 is 1.83 bits per heavy atom. The Morgan fingerprint density at radius 1 is 1.08 bits per heavy atom. The van der Waals surface area contributed by atoms with Crippen molar-refractivity contribution in [3.63, 3.8) is 0 Å². The molecular weight excluding hydrogens is 452 g/mol. The smallest absolute Gasteiger partial charge is 0.326 e. The van der Waals surface area contributed by atoms with Crippen LogP contribution in [0.1, 0.15) is 31.9 Å². The third kappa shape index (κ3) is 4.60. The molecule has 1 aliphatic heterocycles. The maximum absolute atomic E-state index is 13.5. The summed E-state index contributed by atoms with van der Waals surface area (Å²) in [6.45, 7) is 5.21. The van der Waals surface area contributed by atoms with Gasteiger partial charge in [-0.1, -0.05) is 36.4 Å². The summed E-state index contributed by atoms with van der Waals surface area (Å²) < 4.78 is 8.93. The molecule has 0 fully saturated rings. The molecule has 5 rings (SSSR count). The Hall–Kier alpha value is -4.39. The van der Waals surface area contributed by atoms with E-state index >= 15 is 0 Å². The highest BCUT2D eigenvalue weighted by Crippen LogP contribution is 2.30. The molecule has 2 aromatic heterocycles. The second-order valence-corrected chi connectivity index (χ2v) is 9.82. The van der Waals surface area contributed by atoms with Crippen molar-refractivity contribution in [2.75, 3.05) is 0 Å². The summed E-state index contributed by atoms with van der Waals surface area (Å²) >= 11 is 0. The number of aryl methyl sites for hydroxylation is 1. The van der Waals surface area contributed by atoms with Crippen molar-refractivity contribution in [1.29, 1.82) is 0 Å². The molecule has 7 heteroatoms. The molecule has 0 radical (unpaired) electrons. The van der Waals surface area contributed by atoms with E-state index in [0.29, 0.717) is 10.8 Å². The first kappa shape index (κ1) is 23.4. The average molecular weight is 481 g/mol. The number of fused-ring (bicyclic) bond motifs is 2. The van der Waals surface area contributed by atoms with Crippen LogP contribution in [0.5, 0.6) is 0 Å². The van der Waals surface area contributed by atoms with Crippen molar-refractivity contribution in [3.8, 4) is 0 Å². The quantitative estimate of drug-likeness (QED) is 0.455. The van der Waals surface area contributed by atoms with Gasteiger partial charge in [0.05, 0.1) is 5.69 Å². The number of para-hydroxylation sites is 2. The minimum absolute atomic E-state index is 0.199. The molecule has 0 saturated heterocycles. The van der Waals surface area contributed by atoms with Crippen LogP contribution < -0.4 is 16.4 Å². The Morgan fingerprint density at radius 3 is 2.64 bits per heavy atom. The normalized spacial score (nSPS) is 15.3. The van der Waals surface area contributed by atoms with Gasteiger partial charge in [-0.2, -0.15) is 0 Å². The summed E-state index contributed by atoms with van der Waals surface area (Å²) in [4.78, 5) is 33.8. The number of aromatic amines is 1. The molecule has 0 spiro atoms. The lowest BCUT2D eigenvalue weighted by Crippen LogP contribution is -2.36. The first-order chi connectivity index (χ1) is 17.2. The molecule has 4 aromatic rings. The summed E-state index contributed by atoms with van der Waals surface area (Å²) in [5.74, 6) is -0.476. The highest BCUT2D eigenvalue weighted by Gasteiger charge is 2.18. The number of rotatable bonds is 4. The van der Waals surface area contributed by atoms with E-state index in [9.17, 15) is 9.59 Å². The number of esters is 1. The number of H-pyrrole nitrogens is 1. The predicted molar refractivity (Wildman–Crippen MR) is 144 cm³/mol. The summed E-state index contributed by atoms with van der Waals surface area (Å²) in [6.07, 6.45) is 9.31. The zero-order valence-corrected chi connectivity index (χ0v) is 20.8. The maximum Gasteiger partial charge on any atom is 0.326 e. The number of hydrogen-bond donors (Lipinski definition) is 1. The molecule has 3 heterocycles.